The number of hydrogen-bond donors (Lipinski definition) is 0. The molecule has 0 amide bonds. The van der Waals surface area contributed by atoms with E-state index < -0.39 is 5.97 Å². The Labute approximate surface area is 115 Å². The van der Waals surface area contributed by atoms with Crippen molar-refractivity contribution in [1.82, 2.24) is 0 Å². The maximum atomic E-state index is 11.8. The van der Waals surface area contributed by atoms with Crippen LogP contribution in [0.5, 0.6) is 0 Å². The average Bonchev–Trinajstić information content (AvgIpc) is 2.84. The first-order valence-electron chi connectivity index (χ1n) is 7.29. The zero-order chi connectivity index (χ0) is 14.5. The Balaban J connectivity index is 2.44. The van der Waals surface area contributed by atoms with E-state index in [1.807, 2.05) is 6.92 Å². The number of ether oxygens (including phenoxy) is 2. The van der Waals surface area contributed by atoms with Crippen LogP contribution in [-0.4, -0.2) is 24.1 Å². The molecule has 1 unspecified atom stereocenters. The predicted octanol–water partition coefficient (Wildman–Crippen LogP) is 3.09. The van der Waals surface area contributed by atoms with Crippen molar-refractivity contribution < 1.29 is 19.1 Å². The fourth-order valence-electron chi connectivity index (χ4n) is 2.47. The van der Waals surface area contributed by atoms with Gasteiger partial charge in [0.15, 0.2) is 6.61 Å². The summed E-state index contributed by atoms with van der Waals surface area (Å²) in [6.07, 6.45) is 4.73. The molecule has 0 aliphatic heterocycles. The zero-order valence-corrected chi connectivity index (χ0v) is 12.5. The van der Waals surface area contributed by atoms with Gasteiger partial charge in [-0.05, 0) is 38.0 Å². The van der Waals surface area contributed by atoms with Gasteiger partial charge in [0.25, 0.3) is 0 Å². The molecule has 110 valence electrons. The van der Waals surface area contributed by atoms with Gasteiger partial charge < -0.3 is 9.47 Å². The van der Waals surface area contributed by atoms with Crippen LogP contribution >= 0.6 is 0 Å². The minimum absolute atomic E-state index is 0.168. The number of carbonyl (C=O) groups is 2. The first-order valence-corrected chi connectivity index (χ1v) is 7.29. The van der Waals surface area contributed by atoms with Crippen molar-refractivity contribution in [3.63, 3.8) is 0 Å². The normalized spacial score (nSPS) is 19.2. The molecule has 19 heavy (non-hydrogen) atoms. The molecule has 0 saturated heterocycles. The molecule has 0 radical (unpaired) electrons. The van der Waals surface area contributed by atoms with E-state index in [9.17, 15) is 9.59 Å². The molecular weight excluding hydrogens is 244 g/mol. The van der Waals surface area contributed by atoms with Gasteiger partial charge in [0.2, 0.25) is 0 Å². The second-order valence-electron chi connectivity index (χ2n) is 5.82. The lowest BCUT2D eigenvalue weighted by Crippen LogP contribution is -2.39. The zero-order valence-electron chi connectivity index (χ0n) is 12.5. The molecule has 0 spiro atoms. The first kappa shape index (κ1) is 16.0. The molecule has 1 fully saturated rings. The van der Waals surface area contributed by atoms with Crippen molar-refractivity contribution in [3.8, 4) is 0 Å². The van der Waals surface area contributed by atoms with Gasteiger partial charge in [0, 0.05) is 0 Å². The highest BCUT2D eigenvalue weighted by Gasteiger charge is 2.40. The van der Waals surface area contributed by atoms with Gasteiger partial charge >= 0.3 is 11.9 Å². The van der Waals surface area contributed by atoms with Crippen LogP contribution in [0.15, 0.2) is 0 Å². The van der Waals surface area contributed by atoms with E-state index in [0.717, 1.165) is 25.7 Å². The summed E-state index contributed by atoms with van der Waals surface area (Å²) in [6.45, 7) is 7.59. The smallest absolute Gasteiger partial charge is 0.344 e. The second-order valence-corrected chi connectivity index (χ2v) is 5.82. The maximum absolute atomic E-state index is 11.8. The molecule has 1 saturated carbocycles. The molecule has 0 aromatic rings. The topological polar surface area (TPSA) is 52.6 Å². The Kier molecular flexibility index (Phi) is 5.83. The van der Waals surface area contributed by atoms with E-state index in [0.29, 0.717) is 12.3 Å². The maximum Gasteiger partial charge on any atom is 0.344 e. The Hall–Kier alpha value is -1.06. The van der Waals surface area contributed by atoms with Crippen LogP contribution in [0.25, 0.3) is 0 Å². The van der Waals surface area contributed by atoms with Gasteiger partial charge in [0.05, 0.1) is 5.92 Å². The molecule has 1 aliphatic rings. The lowest BCUT2D eigenvalue weighted by molar-refractivity contribution is -0.175. The van der Waals surface area contributed by atoms with Gasteiger partial charge in [-0.1, -0.05) is 27.7 Å². The van der Waals surface area contributed by atoms with Gasteiger partial charge in [-0.2, -0.15) is 0 Å². The van der Waals surface area contributed by atoms with Crippen LogP contribution < -0.4 is 0 Å². The Bertz CT molecular complexity index is 316. The Morgan fingerprint density at radius 1 is 1.16 bits per heavy atom. The SMILES string of the molecule is CCC(C)C(=O)OCC(=O)OC1(C(C)C)CCCC1. The molecule has 4 nitrogen and oxygen atoms in total. The highest BCUT2D eigenvalue weighted by atomic mass is 16.6. The van der Waals surface area contributed by atoms with Crippen molar-refractivity contribution in [3.05, 3.63) is 0 Å². The summed E-state index contributed by atoms with van der Waals surface area (Å²) in [5, 5.41) is 0. The first-order chi connectivity index (χ1) is 8.91. The van der Waals surface area contributed by atoms with Crippen LogP contribution in [0.2, 0.25) is 0 Å². The van der Waals surface area contributed by atoms with Crippen molar-refractivity contribution in [2.45, 2.75) is 65.4 Å². The third-order valence-electron chi connectivity index (χ3n) is 4.17. The average molecular weight is 270 g/mol. The molecule has 0 aromatic heterocycles. The molecule has 0 heterocycles. The fourth-order valence-corrected chi connectivity index (χ4v) is 2.47. The van der Waals surface area contributed by atoms with Crippen molar-refractivity contribution >= 4 is 11.9 Å². The third kappa shape index (κ3) is 4.22. The number of carbonyl (C=O) groups excluding carboxylic acids is 2. The molecule has 1 rings (SSSR count). The van der Waals surface area contributed by atoms with Crippen LogP contribution in [0.3, 0.4) is 0 Å². The monoisotopic (exact) mass is 270 g/mol. The quantitative estimate of drug-likeness (QED) is 0.696. The molecule has 4 heteroatoms. The second kappa shape index (κ2) is 6.92. The van der Waals surface area contributed by atoms with Gasteiger partial charge in [-0.15, -0.1) is 0 Å². The summed E-state index contributed by atoms with van der Waals surface area (Å²) in [6, 6.07) is 0. The number of rotatable bonds is 6. The van der Waals surface area contributed by atoms with E-state index in [-0.39, 0.29) is 24.1 Å². The van der Waals surface area contributed by atoms with Crippen molar-refractivity contribution in [2.75, 3.05) is 6.61 Å². The summed E-state index contributed by atoms with van der Waals surface area (Å²) in [5.41, 5.74) is -0.347. The molecule has 1 aliphatic carbocycles. The summed E-state index contributed by atoms with van der Waals surface area (Å²) in [7, 11) is 0. The fraction of sp³-hybridized carbons (Fsp3) is 0.867. The summed E-state index contributed by atoms with van der Waals surface area (Å²) in [5.74, 6) is -0.626. The summed E-state index contributed by atoms with van der Waals surface area (Å²) < 4.78 is 10.6. The Morgan fingerprint density at radius 3 is 2.21 bits per heavy atom. The van der Waals surface area contributed by atoms with E-state index in [4.69, 9.17) is 9.47 Å². The van der Waals surface area contributed by atoms with Crippen molar-refractivity contribution in [2.24, 2.45) is 11.8 Å². The largest absolute Gasteiger partial charge is 0.456 e. The highest BCUT2D eigenvalue weighted by molar-refractivity contribution is 5.77. The lowest BCUT2D eigenvalue weighted by Gasteiger charge is -2.33. The third-order valence-corrected chi connectivity index (χ3v) is 4.17. The van der Waals surface area contributed by atoms with Crippen LogP contribution in [-0.2, 0) is 19.1 Å². The molecular formula is C15H26O4. The Morgan fingerprint density at radius 2 is 1.74 bits per heavy atom. The molecule has 0 aromatic carbocycles. The molecule has 1 atom stereocenters. The van der Waals surface area contributed by atoms with E-state index in [1.54, 1.807) is 6.92 Å². The van der Waals surface area contributed by atoms with E-state index >= 15 is 0 Å². The van der Waals surface area contributed by atoms with E-state index in [2.05, 4.69) is 13.8 Å². The van der Waals surface area contributed by atoms with E-state index in [1.165, 1.54) is 0 Å². The van der Waals surface area contributed by atoms with Gasteiger partial charge in [0.1, 0.15) is 5.60 Å². The standard InChI is InChI=1S/C15H26O4/c1-5-12(4)14(17)18-10-13(16)19-15(11(2)3)8-6-7-9-15/h11-12H,5-10H2,1-4H3. The highest BCUT2D eigenvalue weighted by Crippen LogP contribution is 2.39. The van der Waals surface area contributed by atoms with Crippen LogP contribution in [0.4, 0.5) is 0 Å². The van der Waals surface area contributed by atoms with Gasteiger partial charge in [-0.25, -0.2) is 4.79 Å². The summed E-state index contributed by atoms with van der Waals surface area (Å²) in [4.78, 5) is 23.3. The van der Waals surface area contributed by atoms with Crippen LogP contribution in [0.1, 0.15) is 59.8 Å². The summed E-state index contributed by atoms with van der Waals surface area (Å²) >= 11 is 0. The van der Waals surface area contributed by atoms with Crippen molar-refractivity contribution in [1.29, 1.82) is 0 Å². The minimum atomic E-state index is -0.424. The number of hydrogen-bond acceptors (Lipinski definition) is 4. The predicted molar refractivity (Wildman–Crippen MR) is 72.5 cm³/mol. The minimum Gasteiger partial charge on any atom is -0.456 e. The number of esters is 2. The molecule has 0 bridgehead atoms. The van der Waals surface area contributed by atoms with Gasteiger partial charge in [-0.3, -0.25) is 4.79 Å². The lowest BCUT2D eigenvalue weighted by atomic mass is 9.88. The molecule has 0 N–H and O–H groups in total. The van der Waals surface area contributed by atoms with Crippen LogP contribution in [0, 0.1) is 11.8 Å².